The second kappa shape index (κ2) is 5.65. The van der Waals surface area contributed by atoms with Gasteiger partial charge < -0.3 is 9.32 Å². The lowest BCUT2D eigenvalue weighted by atomic mass is 10.1. The van der Waals surface area contributed by atoms with Crippen molar-refractivity contribution in [2.75, 3.05) is 13.6 Å². The number of nitro groups is 1. The van der Waals surface area contributed by atoms with Crippen LogP contribution in [0.25, 0.3) is 11.5 Å². The van der Waals surface area contributed by atoms with Gasteiger partial charge in [-0.1, -0.05) is 0 Å². The molecule has 0 bridgehead atoms. The highest BCUT2D eigenvalue weighted by molar-refractivity contribution is 7.13. The zero-order valence-electron chi connectivity index (χ0n) is 11.5. The third-order valence-corrected chi connectivity index (χ3v) is 4.06. The molecule has 0 saturated carbocycles. The molecule has 2 aromatic heterocycles. The maximum atomic E-state index is 10.6. The van der Waals surface area contributed by atoms with Crippen LogP contribution >= 0.6 is 11.3 Å². The Kier molecular flexibility index (Phi) is 3.70. The largest absolute Gasteiger partial charge is 0.433 e. The summed E-state index contributed by atoms with van der Waals surface area (Å²) in [6.07, 6.45) is 3.29. The number of thiazole rings is 1. The minimum absolute atomic E-state index is 0.280. The molecule has 1 saturated heterocycles. The highest BCUT2D eigenvalue weighted by atomic mass is 32.1. The van der Waals surface area contributed by atoms with Crippen LogP contribution in [0.2, 0.25) is 0 Å². The molecule has 3 heterocycles. The first-order valence-electron chi connectivity index (χ1n) is 6.62. The first-order valence-corrected chi connectivity index (χ1v) is 7.50. The molecule has 0 aliphatic carbocycles. The molecule has 0 spiro atoms. The van der Waals surface area contributed by atoms with Crippen LogP contribution in [0.1, 0.15) is 19.3 Å². The molecule has 0 amide bonds. The van der Waals surface area contributed by atoms with Crippen molar-refractivity contribution in [2.45, 2.75) is 19.3 Å². The van der Waals surface area contributed by atoms with Gasteiger partial charge in [-0.05, 0) is 18.9 Å². The Hall–Kier alpha value is -2.22. The first kappa shape index (κ1) is 13.7. The number of aliphatic imine (C=N–C) groups is 1. The molecule has 0 atom stereocenters. The van der Waals surface area contributed by atoms with Gasteiger partial charge >= 0.3 is 5.88 Å². The molecule has 110 valence electrons. The van der Waals surface area contributed by atoms with Gasteiger partial charge in [0.25, 0.3) is 0 Å². The molecular weight excluding hydrogens is 292 g/mol. The van der Waals surface area contributed by atoms with Crippen LogP contribution < -0.4 is 0 Å². The van der Waals surface area contributed by atoms with Crippen molar-refractivity contribution >= 4 is 28.2 Å². The first-order chi connectivity index (χ1) is 10.1. The van der Waals surface area contributed by atoms with Gasteiger partial charge in [-0.2, -0.15) is 0 Å². The van der Waals surface area contributed by atoms with Gasteiger partial charge in [0.1, 0.15) is 16.5 Å². The molecule has 8 heteroatoms. The molecule has 21 heavy (non-hydrogen) atoms. The molecule has 1 aliphatic heterocycles. The van der Waals surface area contributed by atoms with Crippen LogP contribution in [-0.2, 0) is 0 Å². The number of furan rings is 1. The average molecular weight is 306 g/mol. The zero-order chi connectivity index (χ0) is 14.8. The molecular formula is C13H14N4O3S. The maximum absolute atomic E-state index is 10.6. The lowest BCUT2D eigenvalue weighted by Gasteiger charge is -2.25. The van der Waals surface area contributed by atoms with Crippen molar-refractivity contribution in [3.8, 4) is 11.5 Å². The van der Waals surface area contributed by atoms with Crippen molar-refractivity contribution in [1.29, 1.82) is 0 Å². The Bertz CT molecular complexity index is 691. The Labute approximate surface area is 125 Å². The molecule has 0 N–H and O–H groups in total. The number of hydrogen-bond donors (Lipinski definition) is 0. The van der Waals surface area contributed by atoms with E-state index in [1.807, 2.05) is 7.05 Å². The number of likely N-dealkylation sites (tertiary alicyclic amines) is 1. The van der Waals surface area contributed by atoms with Crippen molar-refractivity contribution in [2.24, 2.45) is 4.99 Å². The standard InChI is InChI=1S/C13H14N4O3S/c1-16-7-3-2-4-11(16)15-13-14-9(8-21-13)10-5-6-12(20-10)17(18)19/h5-6,8H,2-4,7H2,1H3. The van der Waals surface area contributed by atoms with Gasteiger partial charge in [-0.3, -0.25) is 10.1 Å². The molecule has 1 fully saturated rings. The summed E-state index contributed by atoms with van der Waals surface area (Å²) >= 11 is 1.40. The van der Waals surface area contributed by atoms with Crippen LogP contribution in [0.4, 0.5) is 11.0 Å². The number of nitrogens with zero attached hydrogens (tertiary/aromatic N) is 4. The van der Waals surface area contributed by atoms with E-state index in [-0.39, 0.29) is 5.88 Å². The lowest BCUT2D eigenvalue weighted by Crippen LogP contribution is -2.31. The molecule has 0 radical (unpaired) electrons. The third-order valence-electron chi connectivity index (χ3n) is 3.33. The summed E-state index contributed by atoms with van der Waals surface area (Å²) in [7, 11) is 2.03. The average Bonchev–Trinajstić information content (AvgIpc) is 3.10. The monoisotopic (exact) mass is 306 g/mol. The third kappa shape index (κ3) is 2.94. The van der Waals surface area contributed by atoms with Crippen LogP contribution in [0.15, 0.2) is 26.9 Å². The molecule has 3 rings (SSSR count). The normalized spacial score (nSPS) is 17.4. The van der Waals surface area contributed by atoms with E-state index in [1.165, 1.54) is 23.8 Å². The van der Waals surface area contributed by atoms with E-state index in [1.54, 1.807) is 11.4 Å². The van der Waals surface area contributed by atoms with Gasteiger partial charge in [0.2, 0.25) is 5.13 Å². The number of hydrogen-bond acceptors (Lipinski definition) is 6. The van der Waals surface area contributed by atoms with E-state index in [2.05, 4.69) is 14.9 Å². The van der Waals surface area contributed by atoms with Gasteiger partial charge in [0, 0.05) is 25.4 Å². The topological polar surface area (TPSA) is 84.8 Å². The Balaban J connectivity index is 1.82. The second-order valence-corrected chi connectivity index (χ2v) is 5.65. The molecule has 1 aliphatic rings. The molecule has 7 nitrogen and oxygen atoms in total. The smallest absolute Gasteiger partial charge is 0.399 e. The summed E-state index contributed by atoms with van der Waals surface area (Å²) in [5, 5.41) is 13.1. The van der Waals surface area contributed by atoms with E-state index in [0.717, 1.165) is 25.2 Å². The van der Waals surface area contributed by atoms with Crippen LogP contribution in [0.5, 0.6) is 0 Å². The van der Waals surface area contributed by atoms with Gasteiger partial charge in [-0.15, -0.1) is 11.3 Å². The summed E-state index contributed by atoms with van der Waals surface area (Å²) in [5.74, 6) is 1.15. The Morgan fingerprint density at radius 1 is 1.48 bits per heavy atom. The van der Waals surface area contributed by atoms with Crippen molar-refractivity contribution in [3.05, 3.63) is 27.6 Å². The fraction of sp³-hybridized carbons (Fsp3) is 0.385. The lowest BCUT2D eigenvalue weighted by molar-refractivity contribution is -0.401. The van der Waals surface area contributed by atoms with Crippen molar-refractivity contribution in [1.82, 2.24) is 9.88 Å². The number of aromatic nitrogens is 1. The van der Waals surface area contributed by atoms with E-state index < -0.39 is 4.92 Å². The van der Waals surface area contributed by atoms with Crippen LogP contribution in [0.3, 0.4) is 0 Å². The van der Waals surface area contributed by atoms with Gasteiger partial charge in [-0.25, -0.2) is 9.98 Å². The number of piperidine rings is 1. The highest BCUT2D eigenvalue weighted by Crippen LogP contribution is 2.30. The summed E-state index contributed by atoms with van der Waals surface area (Å²) in [6, 6.07) is 2.88. The van der Waals surface area contributed by atoms with E-state index in [4.69, 9.17) is 4.42 Å². The minimum atomic E-state index is -0.562. The van der Waals surface area contributed by atoms with E-state index in [0.29, 0.717) is 16.6 Å². The van der Waals surface area contributed by atoms with Crippen molar-refractivity contribution < 1.29 is 9.34 Å². The SMILES string of the molecule is CN1CCCCC1=Nc1nc(-c2ccc([N+](=O)[O-])o2)cs1. The van der Waals surface area contributed by atoms with Crippen LogP contribution in [-0.4, -0.2) is 34.2 Å². The predicted octanol–water partition coefficient (Wildman–Crippen LogP) is 3.46. The quantitative estimate of drug-likeness (QED) is 0.640. The summed E-state index contributed by atoms with van der Waals surface area (Å²) in [5.41, 5.74) is 0.575. The predicted molar refractivity (Wildman–Crippen MR) is 80.0 cm³/mol. The summed E-state index contributed by atoms with van der Waals surface area (Å²) in [4.78, 5) is 21.1. The molecule has 0 aromatic carbocycles. The molecule has 0 unspecified atom stereocenters. The van der Waals surface area contributed by atoms with Gasteiger partial charge in [0.05, 0.1) is 6.07 Å². The van der Waals surface area contributed by atoms with E-state index in [9.17, 15) is 10.1 Å². The fourth-order valence-corrected chi connectivity index (χ4v) is 2.89. The van der Waals surface area contributed by atoms with Crippen molar-refractivity contribution in [3.63, 3.8) is 0 Å². The maximum Gasteiger partial charge on any atom is 0.433 e. The Morgan fingerprint density at radius 3 is 3.05 bits per heavy atom. The summed E-state index contributed by atoms with van der Waals surface area (Å²) < 4.78 is 5.14. The van der Waals surface area contributed by atoms with Crippen LogP contribution in [0, 0.1) is 10.1 Å². The van der Waals surface area contributed by atoms with Gasteiger partial charge in [0.15, 0.2) is 5.76 Å². The molecule has 2 aromatic rings. The summed E-state index contributed by atoms with van der Waals surface area (Å²) in [6.45, 7) is 1.02. The second-order valence-electron chi connectivity index (χ2n) is 4.82. The number of rotatable bonds is 3. The minimum Gasteiger partial charge on any atom is -0.399 e. The Morgan fingerprint density at radius 2 is 2.33 bits per heavy atom. The zero-order valence-corrected chi connectivity index (χ0v) is 12.3. The van der Waals surface area contributed by atoms with E-state index >= 15 is 0 Å². The fourth-order valence-electron chi connectivity index (χ4n) is 2.20. The number of amidine groups is 1. The highest BCUT2D eigenvalue weighted by Gasteiger charge is 2.16.